The van der Waals surface area contributed by atoms with E-state index in [-0.39, 0.29) is 0 Å². The fourth-order valence-corrected chi connectivity index (χ4v) is 3.04. The van der Waals surface area contributed by atoms with Crippen molar-refractivity contribution in [1.82, 2.24) is 0 Å². The summed E-state index contributed by atoms with van der Waals surface area (Å²) in [5.41, 5.74) is 0. The summed E-state index contributed by atoms with van der Waals surface area (Å²) in [4.78, 5) is 0. The van der Waals surface area contributed by atoms with Gasteiger partial charge >= 0.3 is 0 Å². The van der Waals surface area contributed by atoms with Crippen LogP contribution in [0, 0.1) is 0 Å². The first kappa shape index (κ1) is 10.2. The van der Waals surface area contributed by atoms with Crippen LogP contribution in [0.3, 0.4) is 0 Å². The van der Waals surface area contributed by atoms with Crippen LogP contribution in [0.4, 0.5) is 0 Å². The van der Waals surface area contributed by atoms with E-state index in [2.05, 4.69) is 22.6 Å². The van der Waals surface area contributed by atoms with E-state index in [1.54, 1.807) is 0 Å². The summed E-state index contributed by atoms with van der Waals surface area (Å²) in [6.45, 7) is 1.71. The number of hydrogen-bond acceptors (Lipinski definition) is 2. The summed E-state index contributed by atoms with van der Waals surface area (Å²) in [5.74, 6) is 0. The number of halogens is 1. The predicted molar refractivity (Wildman–Crippen MR) is 60.4 cm³/mol. The van der Waals surface area contributed by atoms with Gasteiger partial charge in [0, 0.05) is 10.5 Å². The molecule has 3 heteroatoms. The molecule has 3 unspecified atom stereocenters. The minimum absolute atomic E-state index is 0.389. The summed E-state index contributed by atoms with van der Waals surface area (Å²) in [6, 6.07) is 0. The Morgan fingerprint density at radius 3 is 2.69 bits per heavy atom. The fourth-order valence-electron chi connectivity index (χ4n) is 2.07. The van der Waals surface area contributed by atoms with Gasteiger partial charge in [-0.15, -0.1) is 0 Å². The van der Waals surface area contributed by atoms with Gasteiger partial charge in [-0.1, -0.05) is 35.4 Å². The van der Waals surface area contributed by atoms with E-state index in [9.17, 15) is 0 Å². The van der Waals surface area contributed by atoms with Crippen molar-refractivity contribution in [1.29, 1.82) is 0 Å². The van der Waals surface area contributed by atoms with Gasteiger partial charge in [0.2, 0.25) is 0 Å². The lowest BCUT2D eigenvalue weighted by Gasteiger charge is -2.29. The van der Waals surface area contributed by atoms with Crippen LogP contribution in [0.25, 0.3) is 0 Å². The summed E-state index contributed by atoms with van der Waals surface area (Å²) < 4.78 is 12.1. The lowest BCUT2D eigenvalue weighted by Crippen LogP contribution is -2.32. The van der Waals surface area contributed by atoms with Crippen molar-refractivity contribution in [3.8, 4) is 0 Å². The van der Waals surface area contributed by atoms with E-state index < -0.39 is 0 Å². The van der Waals surface area contributed by atoms with Gasteiger partial charge in [-0.25, -0.2) is 0 Å². The average Bonchev–Trinajstić information content (AvgIpc) is 2.61. The second-order valence-electron chi connectivity index (χ2n) is 3.96. The third-order valence-corrected chi connectivity index (χ3v) is 4.30. The molecule has 3 atom stereocenters. The largest absolute Gasteiger partial charge is 0.379 e. The highest BCUT2D eigenvalue weighted by Gasteiger charge is 2.27. The van der Waals surface area contributed by atoms with Gasteiger partial charge in [0.25, 0.3) is 0 Å². The second kappa shape index (κ2) is 4.94. The lowest BCUT2D eigenvalue weighted by molar-refractivity contribution is -0.0261. The van der Waals surface area contributed by atoms with Crippen LogP contribution < -0.4 is 0 Å². The summed E-state index contributed by atoms with van der Waals surface area (Å²) in [6.07, 6.45) is 7.30. The zero-order chi connectivity index (χ0) is 9.10. The highest BCUT2D eigenvalue weighted by molar-refractivity contribution is 14.1. The molecule has 1 aliphatic heterocycles. The zero-order valence-corrected chi connectivity index (χ0v) is 10.0. The maximum atomic E-state index is 6.03. The Balaban J connectivity index is 1.78. The first-order valence-corrected chi connectivity index (χ1v) is 6.48. The molecule has 1 heterocycles. The van der Waals surface area contributed by atoms with Crippen molar-refractivity contribution in [2.75, 3.05) is 13.2 Å². The van der Waals surface area contributed by atoms with Crippen LogP contribution in [0.15, 0.2) is 0 Å². The molecule has 0 N–H and O–H groups in total. The Labute approximate surface area is 93.5 Å². The van der Waals surface area contributed by atoms with Gasteiger partial charge in [0.1, 0.15) is 0 Å². The zero-order valence-electron chi connectivity index (χ0n) is 7.88. The number of alkyl halides is 1. The molecule has 0 amide bonds. The first-order valence-electron chi connectivity index (χ1n) is 5.23. The normalized spacial score (nSPS) is 40.8. The summed E-state index contributed by atoms with van der Waals surface area (Å²) >= 11 is 2.54. The first-order chi connectivity index (χ1) is 6.36. The van der Waals surface area contributed by atoms with Crippen molar-refractivity contribution in [3.05, 3.63) is 0 Å². The van der Waals surface area contributed by atoms with Crippen molar-refractivity contribution in [2.45, 2.75) is 48.2 Å². The van der Waals surface area contributed by atoms with E-state index >= 15 is 0 Å². The maximum Gasteiger partial charge on any atom is 0.0834 e. The monoisotopic (exact) mass is 296 g/mol. The van der Waals surface area contributed by atoms with E-state index in [0.717, 1.165) is 23.6 Å². The fraction of sp³-hybridized carbons (Fsp3) is 1.00. The molecule has 0 aromatic rings. The van der Waals surface area contributed by atoms with Crippen LogP contribution in [-0.2, 0) is 9.47 Å². The van der Waals surface area contributed by atoms with Crippen LogP contribution >= 0.6 is 22.6 Å². The number of hydrogen-bond donors (Lipinski definition) is 0. The van der Waals surface area contributed by atoms with E-state index in [4.69, 9.17) is 9.47 Å². The van der Waals surface area contributed by atoms with Gasteiger partial charge in [-0.3, -0.25) is 0 Å². The lowest BCUT2D eigenvalue weighted by atomic mass is 9.97. The van der Waals surface area contributed by atoms with E-state index in [1.807, 2.05) is 0 Å². The van der Waals surface area contributed by atoms with Crippen molar-refractivity contribution in [2.24, 2.45) is 0 Å². The van der Waals surface area contributed by atoms with Crippen LogP contribution in [0.1, 0.15) is 32.1 Å². The standard InChI is InChI=1S/C10H17IO2/c11-9-3-1-2-4-10(9)13-8-5-6-12-7-8/h8-10H,1-7H2. The SMILES string of the molecule is IC1CCCCC1OC1CCOC1. The van der Waals surface area contributed by atoms with Gasteiger partial charge in [-0.2, -0.15) is 0 Å². The third-order valence-electron chi connectivity index (χ3n) is 2.88. The average molecular weight is 296 g/mol. The smallest absolute Gasteiger partial charge is 0.0834 e. The molecule has 0 spiro atoms. The van der Waals surface area contributed by atoms with E-state index in [1.165, 1.54) is 25.7 Å². The molecular formula is C10H17IO2. The van der Waals surface area contributed by atoms with Crippen molar-refractivity contribution >= 4 is 22.6 Å². The van der Waals surface area contributed by atoms with E-state index in [0.29, 0.717) is 12.2 Å². The Hall–Kier alpha value is 0.650. The van der Waals surface area contributed by atoms with Crippen molar-refractivity contribution in [3.63, 3.8) is 0 Å². The number of ether oxygens (including phenoxy) is 2. The van der Waals surface area contributed by atoms with Crippen molar-refractivity contribution < 1.29 is 9.47 Å². The minimum atomic E-state index is 0.389. The molecule has 0 aromatic carbocycles. The molecule has 2 rings (SSSR count). The minimum Gasteiger partial charge on any atom is -0.379 e. The topological polar surface area (TPSA) is 18.5 Å². The van der Waals surface area contributed by atoms with Crippen LogP contribution in [-0.4, -0.2) is 29.3 Å². The molecule has 1 saturated heterocycles. The molecule has 1 saturated carbocycles. The maximum absolute atomic E-state index is 6.03. The molecule has 0 radical (unpaired) electrons. The molecule has 2 fully saturated rings. The van der Waals surface area contributed by atoms with Crippen LogP contribution in [0.5, 0.6) is 0 Å². The Kier molecular flexibility index (Phi) is 3.86. The molecule has 2 nitrogen and oxygen atoms in total. The Bertz CT molecular complexity index is 157. The number of rotatable bonds is 2. The molecular weight excluding hydrogens is 279 g/mol. The summed E-state index contributed by atoms with van der Waals surface area (Å²) in [5, 5.41) is 0. The molecule has 1 aliphatic carbocycles. The van der Waals surface area contributed by atoms with Crippen LogP contribution in [0.2, 0.25) is 0 Å². The van der Waals surface area contributed by atoms with Gasteiger partial charge in [0.15, 0.2) is 0 Å². The third kappa shape index (κ3) is 2.80. The quantitative estimate of drug-likeness (QED) is 0.576. The van der Waals surface area contributed by atoms with Gasteiger partial charge in [-0.05, 0) is 19.3 Å². The molecule has 13 heavy (non-hydrogen) atoms. The molecule has 0 aromatic heterocycles. The highest BCUT2D eigenvalue weighted by Crippen LogP contribution is 2.29. The Morgan fingerprint density at radius 2 is 2.00 bits per heavy atom. The summed E-state index contributed by atoms with van der Waals surface area (Å²) in [7, 11) is 0. The van der Waals surface area contributed by atoms with Gasteiger partial charge in [0.05, 0.1) is 18.8 Å². The highest BCUT2D eigenvalue weighted by atomic mass is 127. The molecule has 2 aliphatic rings. The Morgan fingerprint density at radius 1 is 1.15 bits per heavy atom. The molecule has 76 valence electrons. The van der Waals surface area contributed by atoms with Gasteiger partial charge < -0.3 is 9.47 Å². The second-order valence-corrected chi connectivity index (χ2v) is 5.56. The predicted octanol–water partition coefficient (Wildman–Crippen LogP) is 2.54. The molecule has 0 bridgehead atoms.